The zero-order chi connectivity index (χ0) is 13.7. The molecule has 1 atom stereocenters. The fourth-order valence-corrected chi connectivity index (χ4v) is 1.89. The van der Waals surface area contributed by atoms with Crippen LogP contribution in [0.2, 0.25) is 0 Å². The van der Waals surface area contributed by atoms with Crippen molar-refractivity contribution in [3.8, 4) is 11.5 Å². The van der Waals surface area contributed by atoms with Crippen LogP contribution in [0.1, 0.15) is 30.5 Å². The highest BCUT2D eigenvalue weighted by Crippen LogP contribution is 2.26. The minimum absolute atomic E-state index is 0.00369. The molecule has 0 aromatic heterocycles. The van der Waals surface area contributed by atoms with E-state index in [1.807, 2.05) is 36.4 Å². The fourth-order valence-electron chi connectivity index (χ4n) is 1.89. The van der Waals surface area contributed by atoms with Gasteiger partial charge in [0.05, 0.1) is 0 Å². The van der Waals surface area contributed by atoms with E-state index in [0.717, 1.165) is 23.3 Å². The number of aromatic hydroxyl groups is 1. The van der Waals surface area contributed by atoms with Crippen LogP contribution in [0.3, 0.4) is 0 Å². The van der Waals surface area contributed by atoms with Gasteiger partial charge in [-0.2, -0.15) is 0 Å². The summed E-state index contributed by atoms with van der Waals surface area (Å²) in [6.07, 6.45) is 0.875. The van der Waals surface area contributed by atoms with Gasteiger partial charge in [-0.1, -0.05) is 37.3 Å². The summed E-state index contributed by atoms with van der Waals surface area (Å²) in [6, 6.07) is 14.8. The number of nitrogens with two attached hydrogens (primary N) is 1. The van der Waals surface area contributed by atoms with Gasteiger partial charge in [0.25, 0.3) is 0 Å². The Morgan fingerprint density at radius 3 is 2.47 bits per heavy atom. The molecule has 0 radical (unpaired) electrons. The van der Waals surface area contributed by atoms with Crippen LogP contribution in [0.15, 0.2) is 48.5 Å². The molecule has 0 unspecified atom stereocenters. The van der Waals surface area contributed by atoms with E-state index < -0.39 is 0 Å². The maximum Gasteiger partial charge on any atom is 0.124 e. The van der Waals surface area contributed by atoms with Crippen LogP contribution in [-0.2, 0) is 6.61 Å². The summed E-state index contributed by atoms with van der Waals surface area (Å²) in [5.41, 5.74) is 8.11. The van der Waals surface area contributed by atoms with Crippen molar-refractivity contribution >= 4 is 0 Å². The molecule has 0 saturated heterocycles. The van der Waals surface area contributed by atoms with Crippen LogP contribution in [-0.4, -0.2) is 5.11 Å². The predicted molar refractivity (Wildman–Crippen MR) is 76.1 cm³/mol. The molecule has 3 N–H and O–H groups in total. The van der Waals surface area contributed by atoms with Crippen molar-refractivity contribution < 1.29 is 9.84 Å². The summed E-state index contributed by atoms with van der Waals surface area (Å²) in [5, 5.41) is 9.23. The maximum atomic E-state index is 9.23. The zero-order valence-corrected chi connectivity index (χ0v) is 11.0. The molecule has 2 aromatic carbocycles. The lowest BCUT2D eigenvalue weighted by Crippen LogP contribution is -2.10. The predicted octanol–water partition coefficient (Wildman–Crippen LogP) is 3.38. The first-order valence-corrected chi connectivity index (χ1v) is 6.46. The number of phenols is 1. The van der Waals surface area contributed by atoms with Crippen LogP contribution in [0, 0.1) is 0 Å². The molecule has 0 saturated carbocycles. The molecule has 0 heterocycles. The Hall–Kier alpha value is -2.00. The summed E-state index contributed by atoms with van der Waals surface area (Å²) >= 11 is 0. The lowest BCUT2D eigenvalue weighted by atomic mass is 10.0. The topological polar surface area (TPSA) is 55.5 Å². The number of rotatable bonds is 5. The third kappa shape index (κ3) is 3.48. The SMILES string of the molecule is CC[C@H](N)c1ccccc1OCc1ccc(O)cc1. The highest BCUT2D eigenvalue weighted by molar-refractivity contribution is 5.36. The summed E-state index contributed by atoms with van der Waals surface area (Å²) in [6.45, 7) is 2.52. The molecule has 3 heteroatoms. The molecule has 100 valence electrons. The Balaban J connectivity index is 2.09. The van der Waals surface area contributed by atoms with Crippen LogP contribution in [0.25, 0.3) is 0 Å². The van der Waals surface area contributed by atoms with Crippen molar-refractivity contribution in [2.45, 2.75) is 26.0 Å². The molecule has 0 fully saturated rings. The number of ether oxygens (including phenoxy) is 1. The minimum atomic E-state index is -0.00369. The van der Waals surface area contributed by atoms with Gasteiger partial charge in [0, 0.05) is 11.6 Å². The van der Waals surface area contributed by atoms with Gasteiger partial charge in [-0.3, -0.25) is 0 Å². The van der Waals surface area contributed by atoms with Gasteiger partial charge >= 0.3 is 0 Å². The Labute approximate surface area is 113 Å². The van der Waals surface area contributed by atoms with Gasteiger partial charge in [0.1, 0.15) is 18.1 Å². The smallest absolute Gasteiger partial charge is 0.124 e. The van der Waals surface area contributed by atoms with Gasteiger partial charge in [-0.05, 0) is 30.2 Å². The summed E-state index contributed by atoms with van der Waals surface area (Å²) in [5.74, 6) is 1.09. The molecule has 2 aromatic rings. The first-order valence-electron chi connectivity index (χ1n) is 6.46. The number of phenolic OH excluding ortho intramolecular Hbond substituents is 1. The molecule has 0 aliphatic carbocycles. The quantitative estimate of drug-likeness (QED) is 0.863. The largest absolute Gasteiger partial charge is 0.508 e. The van der Waals surface area contributed by atoms with Crippen LogP contribution in [0.4, 0.5) is 0 Å². The normalized spacial score (nSPS) is 12.1. The highest BCUT2D eigenvalue weighted by atomic mass is 16.5. The van der Waals surface area contributed by atoms with Gasteiger partial charge in [0.2, 0.25) is 0 Å². The van der Waals surface area contributed by atoms with E-state index in [2.05, 4.69) is 6.92 Å². The second-order valence-electron chi connectivity index (χ2n) is 4.51. The second-order valence-corrected chi connectivity index (χ2v) is 4.51. The van der Waals surface area contributed by atoms with Crippen molar-refractivity contribution in [1.29, 1.82) is 0 Å². The fraction of sp³-hybridized carbons (Fsp3) is 0.250. The van der Waals surface area contributed by atoms with Gasteiger partial charge in [-0.25, -0.2) is 0 Å². The van der Waals surface area contributed by atoms with Crippen LogP contribution in [0.5, 0.6) is 11.5 Å². The Kier molecular flexibility index (Phi) is 4.42. The van der Waals surface area contributed by atoms with Crippen molar-refractivity contribution in [3.63, 3.8) is 0 Å². The van der Waals surface area contributed by atoms with E-state index in [0.29, 0.717) is 6.61 Å². The number of hydrogen-bond acceptors (Lipinski definition) is 3. The third-order valence-electron chi connectivity index (χ3n) is 3.09. The molecular weight excluding hydrogens is 238 g/mol. The van der Waals surface area contributed by atoms with E-state index in [9.17, 15) is 5.11 Å². The number of hydrogen-bond donors (Lipinski definition) is 2. The molecule has 0 aliphatic rings. The van der Waals surface area contributed by atoms with E-state index in [4.69, 9.17) is 10.5 Å². The van der Waals surface area contributed by atoms with Gasteiger partial charge in [-0.15, -0.1) is 0 Å². The number of benzene rings is 2. The summed E-state index contributed by atoms with van der Waals surface area (Å²) in [4.78, 5) is 0. The minimum Gasteiger partial charge on any atom is -0.508 e. The molecule has 3 nitrogen and oxygen atoms in total. The molecule has 0 amide bonds. The number of para-hydroxylation sites is 1. The van der Waals surface area contributed by atoms with Gasteiger partial charge in [0.15, 0.2) is 0 Å². The summed E-state index contributed by atoms with van der Waals surface area (Å²) < 4.78 is 5.82. The molecule has 0 aliphatic heterocycles. The van der Waals surface area contributed by atoms with Crippen molar-refractivity contribution in [3.05, 3.63) is 59.7 Å². The van der Waals surface area contributed by atoms with Crippen LogP contribution >= 0.6 is 0 Å². The van der Waals surface area contributed by atoms with E-state index in [1.165, 1.54) is 0 Å². The Morgan fingerprint density at radius 2 is 1.79 bits per heavy atom. The second kappa shape index (κ2) is 6.25. The standard InChI is InChI=1S/C16H19NO2/c1-2-15(17)14-5-3-4-6-16(14)19-11-12-7-9-13(18)10-8-12/h3-10,15,18H,2,11,17H2,1H3/t15-/m0/s1. The van der Waals surface area contributed by atoms with Crippen molar-refractivity contribution in [2.24, 2.45) is 5.73 Å². The molecule has 0 spiro atoms. The lowest BCUT2D eigenvalue weighted by molar-refractivity contribution is 0.300. The third-order valence-corrected chi connectivity index (χ3v) is 3.09. The first-order chi connectivity index (χ1) is 9.20. The van der Waals surface area contributed by atoms with Gasteiger partial charge < -0.3 is 15.6 Å². The molecular formula is C16H19NO2. The average molecular weight is 257 g/mol. The Morgan fingerprint density at radius 1 is 1.11 bits per heavy atom. The monoisotopic (exact) mass is 257 g/mol. The highest BCUT2D eigenvalue weighted by Gasteiger charge is 2.09. The van der Waals surface area contributed by atoms with E-state index >= 15 is 0 Å². The van der Waals surface area contributed by atoms with Crippen LogP contribution < -0.4 is 10.5 Å². The summed E-state index contributed by atoms with van der Waals surface area (Å²) in [7, 11) is 0. The molecule has 2 rings (SSSR count). The zero-order valence-electron chi connectivity index (χ0n) is 11.0. The Bertz CT molecular complexity index is 523. The van der Waals surface area contributed by atoms with E-state index in [1.54, 1.807) is 12.1 Å². The first kappa shape index (κ1) is 13.4. The molecule has 19 heavy (non-hydrogen) atoms. The maximum absolute atomic E-state index is 9.23. The average Bonchev–Trinajstić information content (AvgIpc) is 2.46. The lowest BCUT2D eigenvalue weighted by Gasteiger charge is -2.15. The van der Waals surface area contributed by atoms with E-state index in [-0.39, 0.29) is 11.8 Å². The van der Waals surface area contributed by atoms with Crippen molar-refractivity contribution in [1.82, 2.24) is 0 Å². The molecule has 0 bridgehead atoms. The van der Waals surface area contributed by atoms with Crippen molar-refractivity contribution in [2.75, 3.05) is 0 Å².